The molecule has 5 heteroatoms. The maximum atomic E-state index is 12.2. The zero-order chi connectivity index (χ0) is 15.5. The quantitative estimate of drug-likeness (QED) is 0.778. The lowest BCUT2D eigenvalue weighted by Gasteiger charge is -2.39. The summed E-state index contributed by atoms with van der Waals surface area (Å²) in [5.74, 6) is 0.260. The number of morpholine rings is 1. The number of nitrogens with one attached hydrogen (secondary N) is 1. The predicted molar refractivity (Wildman–Crippen MR) is 82.2 cm³/mol. The molecule has 0 aromatic carbocycles. The number of hydrogen-bond acceptors (Lipinski definition) is 5. The Morgan fingerprint density at radius 3 is 2.90 bits per heavy atom. The maximum Gasteiger partial charge on any atom is 0.326 e. The smallest absolute Gasteiger partial charge is 0.326 e. The number of esters is 1. The molecule has 0 amide bonds. The summed E-state index contributed by atoms with van der Waals surface area (Å²) >= 11 is 0. The number of carbonyl (C=O) groups excluding carboxylic acids is 1. The van der Waals surface area contributed by atoms with Crippen molar-refractivity contribution < 1.29 is 14.3 Å². The second-order valence-electron chi connectivity index (χ2n) is 6.58. The molecule has 2 rings (SSSR count). The zero-order valence-corrected chi connectivity index (χ0v) is 13.9. The number of nitrogens with zero attached hydrogens (tertiary/aromatic N) is 1. The molecule has 0 radical (unpaired) electrons. The molecule has 1 saturated heterocycles. The van der Waals surface area contributed by atoms with Gasteiger partial charge in [0.15, 0.2) is 0 Å². The lowest BCUT2D eigenvalue weighted by atomic mass is 9.84. The lowest BCUT2D eigenvalue weighted by Crippen LogP contribution is -2.55. The fourth-order valence-electron chi connectivity index (χ4n) is 3.96. The van der Waals surface area contributed by atoms with Gasteiger partial charge in [0, 0.05) is 12.6 Å². The number of likely N-dealkylation sites (N-methyl/N-ethyl adjacent to an activating group) is 1. The summed E-state index contributed by atoms with van der Waals surface area (Å²) in [7, 11) is 3.37. The van der Waals surface area contributed by atoms with Crippen LogP contribution >= 0.6 is 0 Å². The van der Waals surface area contributed by atoms with Crippen molar-refractivity contribution >= 4 is 5.97 Å². The first-order valence-electron chi connectivity index (χ1n) is 8.16. The van der Waals surface area contributed by atoms with E-state index in [1.54, 1.807) is 0 Å². The van der Waals surface area contributed by atoms with Crippen molar-refractivity contribution in [3.8, 4) is 0 Å². The van der Waals surface area contributed by atoms with E-state index in [-0.39, 0.29) is 5.97 Å². The zero-order valence-electron chi connectivity index (χ0n) is 13.9. The van der Waals surface area contributed by atoms with Crippen molar-refractivity contribution in [1.29, 1.82) is 0 Å². The summed E-state index contributed by atoms with van der Waals surface area (Å²) in [5, 5.41) is 3.27. The fraction of sp³-hybridized carbons (Fsp3) is 0.938. The molecule has 1 aliphatic heterocycles. The Morgan fingerprint density at radius 2 is 2.24 bits per heavy atom. The van der Waals surface area contributed by atoms with Gasteiger partial charge in [0.05, 0.1) is 19.8 Å². The highest BCUT2D eigenvalue weighted by Crippen LogP contribution is 2.39. The van der Waals surface area contributed by atoms with E-state index in [2.05, 4.69) is 24.1 Å². The molecule has 1 saturated carbocycles. The van der Waals surface area contributed by atoms with E-state index in [0.29, 0.717) is 18.1 Å². The van der Waals surface area contributed by atoms with Gasteiger partial charge >= 0.3 is 5.97 Å². The fourth-order valence-corrected chi connectivity index (χ4v) is 3.96. The molecular weight excluding hydrogens is 268 g/mol. The van der Waals surface area contributed by atoms with Gasteiger partial charge < -0.3 is 14.8 Å². The van der Waals surface area contributed by atoms with Crippen LogP contribution < -0.4 is 5.32 Å². The summed E-state index contributed by atoms with van der Waals surface area (Å²) in [6.07, 6.45) is 4.42. The Hall–Kier alpha value is -0.650. The van der Waals surface area contributed by atoms with Crippen molar-refractivity contribution in [3.63, 3.8) is 0 Å². The molecule has 4 unspecified atom stereocenters. The van der Waals surface area contributed by atoms with Gasteiger partial charge in [0.1, 0.15) is 5.54 Å². The van der Waals surface area contributed by atoms with Crippen LogP contribution in [0.2, 0.25) is 0 Å². The highest BCUT2D eigenvalue weighted by atomic mass is 16.5. The molecule has 0 spiro atoms. The third-order valence-corrected chi connectivity index (χ3v) is 5.32. The van der Waals surface area contributed by atoms with E-state index in [1.165, 1.54) is 7.11 Å². The summed E-state index contributed by atoms with van der Waals surface area (Å²) < 4.78 is 10.7. The van der Waals surface area contributed by atoms with Crippen molar-refractivity contribution in [1.82, 2.24) is 10.2 Å². The van der Waals surface area contributed by atoms with Crippen LogP contribution in [0.3, 0.4) is 0 Å². The Bertz CT molecular complexity index is 363. The average Bonchev–Trinajstić information content (AvgIpc) is 2.91. The standard InChI is InChI=1S/C16H30N2O3/c1-12-11-21-13(2)10-18(12)9-7-14-6-5-8-16(14,17-3)15(19)20-4/h12-14,17H,5-11H2,1-4H3. The Kier molecular flexibility index (Phi) is 5.63. The summed E-state index contributed by atoms with van der Waals surface area (Å²) in [6, 6.07) is 0.463. The summed E-state index contributed by atoms with van der Waals surface area (Å²) in [6.45, 7) is 7.16. The Balaban J connectivity index is 1.96. The van der Waals surface area contributed by atoms with Gasteiger partial charge in [-0.15, -0.1) is 0 Å². The monoisotopic (exact) mass is 298 g/mol. The van der Waals surface area contributed by atoms with E-state index in [4.69, 9.17) is 9.47 Å². The summed E-state index contributed by atoms with van der Waals surface area (Å²) in [4.78, 5) is 14.7. The first kappa shape index (κ1) is 16.7. The molecule has 0 aromatic heterocycles. The minimum atomic E-state index is -0.476. The SMILES string of the molecule is CNC1(C(=O)OC)CCCC1CCN1CC(C)OCC1C. The predicted octanol–water partition coefficient (Wildman–Crippen LogP) is 1.42. The van der Waals surface area contributed by atoms with Crippen LogP contribution in [-0.4, -0.2) is 62.4 Å². The first-order chi connectivity index (χ1) is 10.0. The van der Waals surface area contributed by atoms with Crippen LogP contribution in [-0.2, 0) is 14.3 Å². The summed E-state index contributed by atoms with van der Waals surface area (Å²) in [5.41, 5.74) is -0.476. The maximum absolute atomic E-state index is 12.2. The van der Waals surface area contributed by atoms with Gasteiger partial charge in [-0.3, -0.25) is 9.69 Å². The van der Waals surface area contributed by atoms with Gasteiger partial charge in [-0.2, -0.15) is 0 Å². The third kappa shape index (κ3) is 3.41. The molecule has 1 aliphatic carbocycles. The molecule has 4 atom stereocenters. The highest BCUT2D eigenvalue weighted by Gasteiger charge is 2.48. The van der Waals surface area contributed by atoms with Crippen LogP contribution in [0.25, 0.3) is 0 Å². The average molecular weight is 298 g/mol. The molecule has 21 heavy (non-hydrogen) atoms. The van der Waals surface area contributed by atoms with Crippen LogP contribution in [0, 0.1) is 5.92 Å². The molecular formula is C16H30N2O3. The lowest BCUT2D eigenvalue weighted by molar-refractivity contribution is -0.150. The Labute approximate surface area is 128 Å². The van der Waals surface area contributed by atoms with Crippen LogP contribution in [0.15, 0.2) is 0 Å². The minimum Gasteiger partial charge on any atom is -0.468 e. The number of ether oxygens (including phenoxy) is 2. The molecule has 1 N–H and O–H groups in total. The first-order valence-corrected chi connectivity index (χ1v) is 8.16. The minimum absolute atomic E-state index is 0.101. The molecule has 0 bridgehead atoms. The van der Waals surface area contributed by atoms with Crippen LogP contribution in [0.5, 0.6) is 0 Å². The molecule has 5 nitrogen and oxygen atoms in total. The highest BCUT2D eigenvalue weighted by molar-refractivity contribution is 5.81. The normalized spacial score (nSPS) is 37.6. The molecule has 2 aliphatic rings. The van der Waals surface area contributed by atoms with E-state index >= 15 is 0 Å². The molecule has 122 valence electrons. The number of rotatable bonds is 5. The molecule has 1 heterocycles. The van der Waals surface area contributed by atoms with Crippen molar-refractivity contribution in [2.75, 3.05) is 33.9 Å². The number of methoxy groups -OCH3 is 1. The van der Waals surface area contributed by atoms with Crippen LogP contribution in [0.1, 0.15) is 39.5 Å². The van der Waals surface area contributed by atoms with E-state index < -0.39 is 5.54 Å². The second kappa shape index (κ2) is 7.07. The topological polar surface area (TPSA) is 50.8 Å². The van der Waals surface area contributed by atoms with Gasteiger partial charge in [-0.05, 0) is 52.6 Å². The largest absolute Gasteiger partial charge is 0.468 e. The van der Waals surface area contributed by atoms with Gasteiger partial charge in [-0.1, -0.05) is 6.42 Å². The van der Waals surface area contributed by atoms with E-state index in [0.717, 1.165) is 45.4 Å². The van der Waals surface area contributed by atoms with Gasteiger partial charge in [0.25, 0.3) is 0 Å². The number of hydrogen-bond donors (Lipinski definition) is 1. The van der Waals surface area contributed by atoms with Crippen molar-refractivity contribution in [3.05, 3.63) is 0 Å². The third-order valence-electron chi connectivity index (χ3n) is 5.32. The number of carbonyl (C=O) groups is 1. The Morgan fingerprint density at radius 1 is 1.48 bits per heavy atom. The van der Waals surface area contributed by atoms with Crippen molar-refractivity contribution in [2.24, 2.45) is 5.92 Å². The second-order valence-corrected chi connectivity index (χ2v) is 6.58. The molecule has 2 fully saturated rings. The van der Waals surface area contributed by atoms with Gasteiger partial charge in [0.2, 0.25) is 0 Å². The van der Waals surface area contributed by atoms with E-state index in [1.807, 2.05) is 7.05 Å². The van der Waals surface area contributed by atoms with Crippen molar-refractivity contribution in [2.45, 2.75) is 57.2 Å². The molecule has 0 aromatic rings. The van der Waals surface area contributed by atoms with E-state index in [9.17, 15) is 4.79 Å². The van der Waals surface area contributed by atoms with Crippen LogP contribution in [0.4, 0.5) is 0 Å². The van der Waals surface area contributed by atoms with Gasteiger partial charge in [-0.25, -0.2) is 0 Å².